The number of aryl methyl sites for hydroxylation is 1. The highest BCUT2D eigenvalue weighted by Gasteiger charge is 2.22. The third-order valence-electron chi connectivity index (χ3n) is 4.19. The van der Waals surface area contributed by atoms with Crippen molar-refractivity contribution in [3.8, 4) is 5.75 Å². The first-order chi connectivity index (χ1) is 13.2. The zero-order valence-electron chi connectivity index (χ0n) is 16.7. The molecule has 2 aromatic carbocycles. The number of carbonyl (C=O) groups excluding carboxylic acids is 1. The molecule has 0 aromatic heterocycles. The predicted molar refractivity (Wildman–Crippen MR) is 110 cm³/mol. The molecule has 152 valence electrons. The number of methoxy groups -OCH3 is 1. The number of rotatable bonds is 9. The summed E-state index contributed by atoms with van der Waals surface area (Å²) in [5.74, 6) is -0.119. The maximum Gasteiger partial charge on any atom is 0.251 e. The van der Waals surface area contributed by atoms with Crippen LogP contribution in [0.15, 0.2) is 53.4 Å². The first-order valence-electron chi connectivity index (χ1n) is 9.28. The Balaban J connectivity index is 2.11. The molecule has 2 aromatic rings. The lowest BCUT2D eigenvalue weighted by atomic mass is 10.1. The molecule has 0 heterocycles. The van der Waals surface area contributed by atoms with Crippen molar-refractivity contribution in [1.29, 1.82) is 0 Å². The molecule has 0 aliphatic heterocycles. The predicted octanol–water partition coefficient (Wildman–Crippen LogP) is 3.13. The summed E-state index contributed by atoms with van der Waals surface area (Å²) < 4.78 is 32.8. The number of ether oxygens (including phenoxy) is 1. The van der Waals surface area contributed by atoms with Gasteiger partial charge >= 0.3 is 0 Å². The van der Waals surface area contributed by atoms with Gasteiger partial charge in [0.1, 0.15) is 10.6 Å². The molecule has 0 aliphatic rings. The van der Waals surface area contributed by atoms with Gasteiger partial charge in [0.2, 0.25) is 10.0 Å². The zero-order chi connectivity index (χ0) is 20.7. The van der Waals surface area contributed by atoms with E-state index in [0.29, 0.717) is 0 Å². The monoisotopic (exact) mass is 404 g/mol. The van der Waals surface area contributed by atoms with Gasteiger partial charge in [0.25, 0.3) is 5.91 Å². The van der Waals surface area contributed by atoms with E-state index in [1.807, 2.05) is 25.1 Å². The molecule has 2 rings (SSSR count). The molecule has 0 bridgehead atoms. The summed E-state index contributed by atoms with van der Waals surface area (Å²) in [6, 6.07) is 14.1. The largest absolute Gasteiger partial charge is 0.495 e. The highest BCUT2D eigenvalue weighted by atomic mass is 32.2. The van der Waals surface area contributed by atoms with E-state index in [1.165, 1.54) is 24.8 Å². The molecule has 0 saturated carbocycles. The number of hydrogen-bond acceptors (Lipinski definition) is 4. The molecule has 28 heavy (non-hydrogen) atoms. The summed E-state index contributed by atoms with van der Waals surface area (Å²) in [7, 11) is -2.39. The lowest BCUT2D eigenvalue weighted by Crippen LogP contribution is -2.33. The van der Waals surface area contributed by atoms with Crippen LogP contribution in [-0.2, 0) is 16.4 Å². The fraction of sp³-hybridized carbons (Fsp3) is 0.381. The van der Waals surface area contributed by atoms with Crippen LogP contribution >= 0.6 is 0 Å². The number of sulfonamides is 1. The minimum Gasteiger partial charge on any atom is -0.495 e. The molecule has 1 atom stereocenters. The standard InChI is InChI=1S/C21H28N2O4S/c1-15(2)23-28(25,26)20-14-18(12-13-19(20)27-4)21(24)22-16(3)10-11-17-8-6-5-7-9-17/h5-9,12-16,23H,10-11H2,1-4H3,(H,22,24)/t16-/m0/s1. The van der Waals surface area contributed by atoms with E-state index in [9.17, 15) is 13.2 Å². The Hall–Kier alpha value is -2.38. The molecular formula is C21H28N2O4S. The van der Waals surface area contributed by atoms with Crippen LogP contribution in [0.4, 0.5) is 0 Å². The zero-order valence-corrected chi connectivity index (χ0v) is 17.5. The molecule has 0 unspecified atom stereocenters. The van der Waals surface area contributed by atoms with Crippen molar-refractivity contribution in [3.05, 3.63) is 59.7 Å². The van der Waals surface area contributed by atoms with Crippen molar-refractivity contribution in [2.24, 2.45) is 0 Å². The summed E-state index contributed by atoms with van der Waals surface area (Å²) in [4.78, 5) is 12.6. The van der Waals surface area contributed by atoms with Gasteiger partial charge in [0, 0.05) is 17.6 Å². The van der Waals surface area contributed by atoms with Gasteiger partial charge in [-0.15, -0.1) is 0 Å². The van der Waals surface area contributed by atoms with Crippen LogP contribution in [-0.4, -0.2) is 33.5 Å². The second-order valence-electron chi connectivity index (χ2n) is 7.04. The topological polar surface area (TPSA) is 84.5 Å². The van der Waals surface area contributed by atoms with Crippen LogP contribution in [0, 0.1) is 0 Å². The summed E-state index contributed by atoms with van der Waals surface area (Å²) >= 11 is 0. The van der Waals surface area contributed by atoms with Gasteiger partial charge in [0.15, 0.2) is 0 Å². The van der Waals surface area contributed by atoms with Crippen molar-refractivity contribution in [2.75, 3.05) is 7.11 Å². The van der Waals surface area contributed by atoms with Gasteiger partial charge in [-0.05, 0) is 57.4 Å². The van der Waals surface area contributed by atoms with Crippen LogP contribution in [0.5, 0.6) is 5.75 Å². The smallest absolute Gasteiger partial charge is 0.251 e. The first kappa shape index (κ1) is 21.9. The number of nitrogens with one attached hydrogen (secondary N) is 2. The Labute approximate surface area is 167 Å². The molecule has 6 nitrogen and oxygen atoms in total. The molecule has 1 amide bonds. The lowest BCUT2D eigenvalue weighted by Gasteiger charge is -2.16. The Kier molecular flexibility index (Phi) is 7.60. The average Bonchev–Trinajstić information content (AvgIpc) is 2.65. The maximum atomic E-state index is 12.6. The van der Waals surface area contributed by atoms with E-state index >= 15 is 0 Å². The van der Waals surface area contributed by atoms with E-state index in [1.54, 1.807) is 19.9 Å². The van der Waals surface area contributed by atoms with Gasteiger partial charge in [-0.3, -0.25) is 4.79 Å². The maximum absolute atomic E-state index is 12.6. The minimum atomic E-state index is -3.79. The van der Waals surface area contributed by atoms with Gasteiger partial charge in [-0.2, -0.15) is 0 Å². The molecule has 7 heteroatoms. The van der Waals surface area contributed by atoms with Crippen LogP contribution in [0.2, 0.25) is 0 Å². The van der Waals surface area contributed by atoms with Gasteiger partial charge in [0.05, 0.1) is 7.11 Å². The van der Waals surface area contributed by atoms with E-state index < -0.39 is 10.0 Å². The van der Waals surface area contributed by atoms with Gasteiger partial charge in [-0.1, -0.05) is 30.3 Å². The van der Waals surface area contributed by atoms with Crippen molar-refractivity contribution in [1.82, 2.24) is 10.0 Å². The summed E-state index contributed by atoms with van der Waals surface area (Å²) in [6.07, 6.45) is 1.63. The third kappa shape index (κ3) is 6.07. The van der Waals surface area contributed by atoms with Crippen LogP contribution in [0.1, 0.15) is 43.1 Å². The second-order valence-corrected chi connectivity index (χ2v) is 8.72. The number of amides is 1. The fourth-order valence-electron chi connectivity index (χ4n) is 2.81. The van der Waals surface area contributed by atoms with E-state index in [2.05, 4.69) is 22.2 Å². The average molecular weight is 405 g/mol. The number of hydrogen-bond donors (Lipinski definition) is 2. The molecule has 0 saturated heterocycles. The molecule has 0 aliphatic carbocycles. The highest BCUT2D eigenvalue weighted by molar-refractivity contribution is 7.89. The van der Waals surface area contributed by atoms with Crippen molar-refractivity contribution < 1.29 is 17.9 Å². The van der Waals surface area contributed by atoms with Crippen LogP contribution < -0.4 is 14.8 Å². The van der Waals surface area contributed by atoms with E-state index in [4.69, 9.17) is 4.74 Å². The van der Waals surface area contributed by atoms with Gasteiger partial charge < -0.3 is 10.1 Å². The Morgan fingerprint density at radius 1 is 1.07 bits per heavy atom. The molecular weight excluding hydrogens is 376 g/mol. The summed E-state index contributed by atoms with van der Waals surface area (Å²) in [6.45, 7) is 5.40. The molecule has 0 fully saturated rings. The van der Waals surface area contributed by atoms with Gasteiger partial charge in [-0.25, -0.2) is 13.1 Å². The Morgan fingerprint density at radius 3 is 2.36 bits per heavy atom. The summed E-state index contributed by atoms with van der Waals surface area (Å²) in [5.41, 5.74) is 1.48. The van der Waals surface area contributed by atoms with Crippen molar-refractivity contribution >= 4 is 15.9 Å². The number of carbonyl (C=O) groups is 1. The third-order valence-corrected chi connectivity index (χ3v) is 5.87. The molecule has 0 radical (unpaired) electrons. The quantitative estimate of drug-likeness (QED) is 0.672. The summed E-state index contributed by atoms with van der Waals surface area (Å²) in [5, 5.41) is 2.93. The highest BCUT2D eigenvalue weighted by Crippen LogP contribution is 2.25. The Morgan fingerprint density at radius 2 is 1.75 bits per heavy atom. The van der Waals surface area contributed by atoms with Crippen LogP contribution in [0.25, 0.3) is 0 Å². The SMILES string of the molecule is COc1ccc(C(=O)N[C@@H](C)CCc2ccccc2)cc1S(=O)(=O)NC(C)C. The van der Waals surface area contributed by atoms with E-state index in [-0.39, 0.29) is 34.2 Å². The van der Waals surface area contributed by atoms with E-state index in [0.717, 1.165) is 12.8 Å². The first-order valence-corrected chi connectivity index (χ1v) is 10.8. The minimum absolute atomic E-state index is 0.0479. The normalized spacial score (nSPS) is 12.6. The number of benzene rings is 2. The fourth-order valence-corrected chi connectivity index (χ4v) is 4.25. The van der Waals surface area contributed by atoms with Crippen molar-refractivity contribution in [3.63, 3.8) is 0 Å². The van der Waals surface area contributed by atoms with Crippen molar-refractivity contribution in [2.45, 2.75) is 50.6 Å². The lowest BCUT2D eigenvalue weighted by molar-refractivity contribution is 0.0938. The molecule has 2 N–H and O–H groups in total. The second kappa shape index (κ2) is 9.71. The van der Waals surface area contributed by atoms with Crippen LogP contribution in [0.3, 0.4) is 0 Å². The Bertz CT molecular complexity index is 896. The molecule has 0 spiro atoms.